The van der Waals surface area contributed by atoms with Gasteiger partial charge in [-0.15, -0.1) is 0 Å². The standard InChI is InChI=1S/C22H26N6O/c23-20-8-7-17(15-24-20)18-14-21(26-22(25-18)27-10-12-29-13-11-27)28-9-3-5-16-4-1-2-6-19(16)28/h1,4,7-8,14-15H,2-3,5-6,9-13H2,(H2,23,24). The Morgan fingerprint density at radius 1 is 1.03 bits per heavy atom. The number of pyridine rings is 1. The summed E-state index contributed by atoms with van der Waals surface area (Å²) in [5, 5.41) is 0. The zero-order valence-electron chi connectivity index (χ0n) is 16.5. The van der Waals surface area contributed by atoms with Gasteiger partial charge in [0.2, 0.25) is 5.95 Å². The predicted octanol–water partition coefficient (Wildman–Crippen LogP) is 3.16. The van der Waals surface area contributed by atoms with E-state index in [9.17, 15) is 0 Å². The van der Waals surface area contributed by atoms with Gasteiger partial charge in [0.1, 0.15) is 11.6 Å². The second-order valence-electron chi connectivity index (χ2n) is 7.65. The average Bonchev–Trinajstić information content (AvgIpc) is 2.79. The Morgan fingerprint density at radius 3 is 2.76 bits per heavy atom. The van der Waals surface area contributed by atoms with Crippen LogP contribution in [0.5, 0.6) is 0 Å². The van der Waals surface area contributed by atoms with Gasteiger partial charge in [0, 0.05) is 43.2 Å². The van der Waals surface area contributed by atoms with Gasteiger partial charge in [-0.1, -0.05) is 12.2 Å². The maximum atomic E-state index is 5.78. The molecule has 0 spiro atoms. The number of morpholine rings is 1. The predicted molar refractivity (Wildman–Crippen MR) is 115 cm³/mol. The molecule has 2 N–H and O–H groups in total. The Balaban J connectivity index is 1.59. The van der Waals surface area contributed by atoms with Crippen LogP contribution in [0.1, 0.15) is 25.7 Å². The van der Waals surface area contributed by atoms with Crippen molar-refractivity contribution in [2.45, 2.75) is 25.7 Å². The number of nitrogens with zero attached hydrogens (tertiary/aromatic N) is 5. The Labute approximate surface area is 170 Å². The van der Waals surface area contributed by atoms with Crippen molar-refractivity contribution in [3.8, 4) is 11.3 Å². The van der Waals surface area contributed by atoms with Crippen LogP contribution in [0.4, 0.5) is 17.6 Å². The van der Waals surface area contributed by atoms with Crippen molar-refractivity contribution in [1.29, 1.82) is 0 Å². The van der Waals surface area contributed by atoms with E-state index in [2.05, 4.69) is 33.0 Å². The summed E-state index contributed by atoms with van der Waals surface area (Å²) in [7, 11) is 0. The molecule has 7 nitrogen and oxygen atoms in total. The van der Waals surface area contributed by atoms with Gasteiger partial charge in [0.15, 0.2) is 0 Å². The maximum absolute atomic E-state index is 5.78. The number of anilines is 3. The summed E-state index contributed by atoms with van der Waals surface area (Å²) < 4.78 is 5.52. The topological polar surface area (TPSA) is 80.4 Å². The van der Waals surface area contributed by atoms with E-state index < -0.39 is 0 Å². The summed E-state index contributed by atoms with van der Waals surface area (Å²) in [6.07, 6.45) is 10.8. The van der Waals surface area contributed by atoms with Crippen molar-refractivity contribution in [3.63, 3.8) is 0 Å². The van der Waals surface area contributed by atoms with Crippen LogP contribution in [0.3, 0.4) is 0 Å². The molecule has 29 heavy (non-hydrogen) atoms. The highest BCUT2D eigenvalue weighted by Crippen LogP contribution is 2.35. The Morgan fingerprint density at radius 2 is 1.93 bits per heavy atom. The molecule has 5 rings (SSSR count). The lowest BCUT2D eigenvalue weighted by molar-refractivity contribution is 0.122. The third-order valence-corrected chi connectivity index (χ3v) is 5.74. The summed E-state index contributed by atoms with van der Waals surface area (Å²) in [5.74, 6) is 2.24. The summed E-state index contributed by atoms with van der Waals surface area (Å²) in [6, 6.07) is 5.88. The fraction of sp³-hybridized carbons (Fsp3) is 0.409. The van der Waals surface area contributed by atoms with Crippen LogP contribution in [0.2, 0.25) is 0 Å². The van der Waals surface area contributed by atoms with Crippen LogP contribution in [-0.4, -0.2) is 47.8 Å². The van der Waals surface area contributed by atoms with E-state index in [1.807, 2.05) is 12.1 Å². The van der Waals surface area contributed by atoms with Crippen molar-refractivity contribution >= 4 is 17.6 Å². The first-order valence-electron chi connectivity index (χ1n) is 10.4. The highest BCUT2D eigenvalue weighted by atomic mass is 16.5. The lowest BCUT2D eigenvalue weighted by Gasteiger charge is -2.35. The van der Waals surface area contributed by atoms with Crippen molar-refractivity contribution < 1.29 is 4.74 Å². The first-order valence-corrected chi connectivity index (χ1v) is 10.4. The molecule has 150 valence electrons. The van der Waals surface area contributed by atoms with E-state index >= 15 is 0 Å². The van der Waals surface area contributed by atoms with Gasteiger partial charge in [0.25, 0.3) is 0 Å². The fourth-order valence-electron chi connectivity index (χ4n) is 4.22. The van der Waals surface area contributed by atoms with Crippen LogP contribution in [0.15, 0.2) is 47.8 Å². The second kappa shape index (κ2) is 7.83. The van der Waals surface area contributed by atoms with Crippen LogP contribution < -0.4 is 15.5 Å². The normalized spacial score (nSPS) is 19.4. The van der Waals surface area contributed by atoms with E-state index in [0.717, 1.165) is 68.3 Å². The monoisotopic (exact) mass is 390 g/mol. The van der Waals surface area contributed by atoms with Gasteiger partial charge in [-0.2, -0.15) is 4.98 Å². The van der Waals surface area contributed by atoms with Crippen LogP contribution in [-0.2, 0) is 4.74 Å². The molecule has 1 aliphatic carbocycles. The molecule has 0 radical (unpaired) electrons. The largest absolute Gasteiger partial charge is 0.384 e. The quantitative estimate of drug-likeness (QED) is 0.862. The summed E-state index contributed by atoms with van der Waals surface area (Å²) in [6.45, 7) is 4.01. The molecule has 0 atom stereocenters. The van der Waals surface area contributed by atoms with Gasteiger partial charge in [-0.3, -0.25) is 0 Å². The third-order valence-electron chi connectivity index (χ3n) is 5.74. The highest BCUT2D eigenvalue weighted by molar-refractivity contribution is 5.67. The minimum Gasteiger partial charge on any atom is -0.384 e. The number of hydrogen-bond acceptors (Lipinski definition) is 7. The van der Waals surface area contributed by atoms with Gasteiger partial charge in [0.05, 0.1) is 18.9 Å². The molecular formula is C22H26N6O. The van der Waals surface area contributed by atoms with Crippen LogP contribution in [0.25, 0.3) is 11.3 Å². The van der Waals surface area contributed by atoms with E-state index in [4.69, 9.17) is 20.4 Å². The average molecular weight is 390 g/mol. The van der Waals surface area contributed by atoms with Crippen LogP contribution >= 0.6 is 0 Å². The molecule has 2 aromatic heterocycles. The maximum Gasteiger partial charge on any atom is 0.228 e. The molecule has 4 heterocycles. The molecule has 1 fully saturated rings. The van der Waals surface area contributed by atoms with Crippen molar-refractivity contribution in [2.24, 2.45) is 0 Å². The first-order chi connectivity index (χ1) is 14.3. The van der Waals surface area contributed by atoms with Crippen molar-refractivity contribution in [3.05, 3.63) is 47.8 Å². The van der Waals surface area contributed by atoms with E-state index in [0.29, 0.717) is 19.0 Å². The number of nitrogens with two attached hydrogens (primary N) is 1. The van der Waals surface area contributed by atoms with Gasteiger partial charge in [-0.25, -0.2) is 9.97 Å². The Bertz CT molecular complexity index is 946. The second-order valence-corrected chi connectivity index (χ2v) is 7.65. The van der Waals surface area contributed by atoms with E-state index in [1.54, 1.807) is 6.20 Å². The van der Waals surface area contributed by atoms with Gasteiger partial charge >= 0.3 is 0 Å². The van der Waals surface area contributed by atoms with Crippen LogP contribution in [0, 0.1) is 0 Å². The fourth-order valence-corrected chi connectivity index (χ4v) is 4.22. The number of allylic oxidation sites excluding steroid dienone is 4. The summed E-state index contributed by atoms with van der Waals surface area (Å²) in [4.78, 5) is 18.7. The molecule has 0 unspecified atom stereocenters. The smallest absolute Gasteiger partial charge is 0.228 e. The van der Waals surface area contributed by atoms with Crippen molar-refractivity contribution in [1.82, 2.24) is 15.0 Å². The summed E-state index contributed by atoms with van der Waals surface area (Å²) in [5.41, 5.74) is 10.5. The number of aromatic nitrogens is 3. The number of rotatable bonds is 3. The SMILES string of the molecule is Nc1ccc(-c2cc(N3CCCC4=C3CCC=C4)nc(N3CCOCC3)n2)cn1. The minimum atomic E-state index is 0.510. The van der Waals surface area contributed by atoms with Crippen molar-refractivity contribution in [2.75, 3.05) is 48.4 Å². The van der Waals surface area contributed by atoms with Gasteiger partial charge < -0.3 is 20.3 Å². The zero-order valence-corrected chi connectivity index (χ0v) is 16.5. The molecule has 0 bridgehead atoms. The third kappa shape index (κ3) is 3.70. The zero-order chi connectivity index (χ0) is 19.6. The lowest BCUT2D eigenvalue weighted by Crippen LogP contribution is -2.38. The molecule has 0 amide bonds. The Kier molecular flexibility index (Phi) is 4.89. The highest BCUT2D eigenvalue weighted by Gasteiger charge is 2.25. The van der Waals surface area contributed by atoms with Gasteiger partial charge in [-0.05, 0) is 43.4 Å². The number of nitrogen functional groups attached to an aromatic ring is 1. The molecule has 2 aromatic rings. The summed E-state index contributed by atoms with van der Waals surface area (Å²) >= 11 is 0. The molecule has 2 aliphatic heterocycles. The molecule has 3 aliphatic rings. The first kappa shape index (κ1) is 18.1. The lowest BCUT2D eigenvalue weighted by atomic mass is 9.94. The Hall–Kier alpha value is -2.93. The molecular weight excluding hydrogens is 364 g/mol. The molecule has 7 heteroatoms. The minimum absolute atomic E-state index is 0.510. The molecule has 0 aromatic carbocycles. The molecule has 0 saturated carbocycles. The van der Waals surface area contributed by atoms with E-state index in [-0.39, 0.29) is 0 Å². The molecule has 1 saturated heterocycles. The number of ether oxygens (including phenoxy) is 1. The number of hydrogen-bond donors (Lipinski definition) is 1. The van der Waals surface area contributed by atoms with E-state index in [1.165, 1.54) is 11.3 Å².